The average molecular weight is 468 g/mol. The number of nitrogens with zero attached hydrogens (tertiary/aromatic N) is 3. The van der Waals surface area contributed by atoms with Gasteiger partial charge >= 0.3 is 6.18 Å². The monoisotopic (exact) mass is 467 g/mol. The highest BCUT2D eigenvalue weighted by Crippen LogP contribution is 2.32. The molecule has 0 saturated carbocycles. The number of sulfonamides is 1. The molecule has 10 heteroatoms. The molecule has 0 N–H and O–H groups in total. The molecule has 3 rings (SSSR count). The summed E-state index contributed by atoms with van der Waals surface area (Å²) in [5.74, 6) is 0.328. The lowest BCUT2D eigenvalue weighted by molar-refractivity contribution is -0.138. The van der Waals surface area contributed by atoms with Crippen molar-refractivity contribution in [1.29, 1.82) is 0 Å². The van der Waals surface area contributed by atoms with Crippen molar-refractivity contribution in [2.75, 3.05) is 20.3 Å². The standard InChI is InChI=1S/C22H24F3N3O3S/c1-17-7-9-19(10-8-17)32(29,30)28(13-14-31-2)16-21-26-11-12-27(21)15-18-5-3-4-6-20(18)22(23,24)25/h3-12H,13-16H2,1-2H3. The number of hydrogen-bond donors (Lipinski definition) is 0. The molecular formula is C22H24F3N3O3S. The molecule has 32 heavy (non-hydrogen) atoms. The zero-order chi connectivity index (χ0) is 23.4. The third kappa shape index (κ3) is 5.56. The number of aryl methyl sites for hydroxylation is 1. The van der Waals surface area contributed by atoms with Gasteiger partial charge in [0.1, 0.15) is 5.82 Å². The predicted molar refractivity (Wildman–Crippen MR) is 113 cm³/mol. The van der Waals surface area contributed by atoms with Crippen LogP contribution in [0.5, 0.6) is 0 Å². The summed E-state index contributed by atoms with van der Waals surface area (Å²) in [5.41, 5.74) is 0.263. The van der Waals surface area contributed by atoms with Crippen LogP contribution in [-0.4, -0.2) is 42.5 Å². The smallest absolute Gasteiger partial charge is 0.383 e. The van der Waals surface area contributed by atoms with E-state index in [1.54, 1.807) is 12.1 Å². The molecule has 0 unspecified atom stereocenters. The van der Waals surface area contributed by atoms with Gasteiger partial charge in [-0.1, -0.05) is 35.9 Å². The summed E-state index contributed by atoms with van der Waals surface area (Å²) >= 11 is 0. The first kappa shape index (κ1) is 24.0. The molecule has 0 amide bonds. The van der Waals surface area contributed by atoms with Crippen LogP contribution in [0, 0.1) is 6.92 Å². The summed E-state index contributed by atoms with van der Waals surface area (Å²) in [7, 11) is -2.40. The Morgan fingerprint density at radius 2 is 1.78 bits per heavy atom. The number of hydrogen-bond acceptors (Lipinski definition) is 4. The highest BCUT2D eigenvalue weighted by atomic mass is 32.2. The van der Waals surface area contributed by atoms with E-state index < -0.39 is 21.8 Å². The number of halogens is 3. The summed E-state index contributed by atoms with van der Waals surface area (Å²) in [4.78, 5) is 4.33. The fraction of sp³-hybridized carbons (Fsp3) is 0.318. The third-order valence-corrected chi connectivity index (χ3v) is 6.85. The van der Waals surface area contributed by atoms with Gasteiger partial charge < -0.3 is 9.30 Å². The summed E-state index contributed by atoms with van der Waals surface area (Å²) in [6, 6.07) is 11.8. The Morgan fingerprint density at radius 3 is 2.44 bits per heavy atom. The third-order valence-electron chi connectivity index (χ3n) is 4.99. The second kappa shape index (κ2) is 9.85. The molecule has 0 fully saturated rings. The van der Waals surface area contributed by atoms with E-state index in [2.05, 4.69) is 4.98 Å². The molecule has 172 valence electrons. The average Bonchev–Trinajstić information content (AvgIpc) is 3.17. The van der Waals surface area contributed by atoms with Crippen LogP contribution in [0.25, 0.3) is 0 Å². The second-order valence-corrected chi connectivity index (χ2v) is 9.21. The number of aromatic nitrogens is 2. The minimum Gasteiger partial charge on any atom is -0.383 e. The van der Waals surface area contributed by atoms with E-state index in [0.717, 1.165) is 11.6 Å². The predicted octanol–water partition coefficient (Wildman–Crippen LogP) is 4.10. The van der Waals surface area contributed by atoms with E-state index in [9.17, 15) is 21.6 Å². The zero-order valence-corrected chi connectivity index (χ0v) is 18.5. The van der Waals surface area contributed by atoms with Crippen molar-refractivity contribution in [3.63, 3.8) is 0 Å². The van der Waals surface area contributed by atoms with E-state index in [-0.39, 0.29) is 36.7 Å². The van der Waals surface area contributed by atoms with Gasteiger partial charge in [0.15, 0.2) is 0 Å². The molecule has 3 aromatic rings. The Kier molecular flexibility index (Phi) is 7.37. The minimum absolute atomic E-state index is 0.0682. The largest absolute Gasteiger partial charge is 0.416 e. The van der Waals surface area contributed by atoms with Crippen molar-refractivity contribution < 1.29 is 26.3 Å². The summed E-state index contributed by atoms with van der Waals surface area (Å²) in [5, 5.41) is 0. The topological polar surface area (TPSA) is 64.4 Å². The van der Waals surface area contributed by atoms with Gasteiger partial charge in [0, 0.05) is 32.6 Å². The molecule has 0 aliphatic rings. The lowest BCUT2D eigenvalue weighted by atomic mass is 10.1. The molecule has 0 spiro atoms. The Morgan fingerprint density at radius 1 is 1.09 bits per heavy atom. The first-order valence-electron chi connectivity index (χ1n) is 9.84. The van der Waals surface area contributed by atoms with Crippen molar-refractivity contribution in [2.24, 2.45) is 0 Å². The zero-order valence-electron chi connectivity index (χ0n) is 17.7. The van der Waals surface area contributed by atoms with Crippen molar-refractivity contribution >= 4 is 10.0 Å². The number of imidazole rings is 1. The fourth-order valence-corrected chi connectivity index (χ4v) is 4.63. The van der Waals surface area contributed by atoms with Gasteiger partial charge in [-0.2, -0.15) is 17.5 Å². The molecule has 0 radical (unpaired) electrons. The molecular weight excluding hydrogens is 443 g/mol. The fourth-order valence-electron chi connectivity index (χ4n) is 3.25. The number of ether oxygens (including phenoxy) is 1. The molecule has 2 aromatic carbocycles. The molecule has 6 nitrogen and oxygen atoms in total. The molecule has 0 aliphatic heterocycles. The van der Waals surface area contributed by atoms with Crippen molar-refractivity contribution in [3.05, 3.63) is 83.4 Å². The van der Waals surface area contributed by atoms with Crippen molar-refractivity contribution in [2.45, 2.75) is 31.1 Å². The Balaban J connectivity index is 1.90. The van der Waals surface area contributed by atoms with Crippen LogP contribution in [0.3, 0.4) is 0 Å². The normalized spacial score (nSPS) is 12.4. The first-order valence-corrected chi connectivity index (χ1v) is 11.3. The lowest BCUT2D eigenvalue weighted by Crippen LogP contribution is -2.34. The van der Waals surface area contributed by atoms with Gasteiger partial charge in [-0.25, -0.2) is 13.4 Å². The molecule has 0 atom stereocenters. The number of rotatable bonds is 9. The van der Waals surface area contributed by atoms with E-state index in [1.807, 2.05) is 6.92 Å². The molecule has 0 saturated heterocycles. The van der Waals surface area contributed by atoms with Crippen LogP contribution in [-0.2, 0) is 34.0 Å². The quantitative estimate of drug-likeness (QED) is 0.476. The highest BCUT2D eigenvalue weighted by Gasteiger charge is 2.33. The lowest BCUT2D eigenvalue weighted by Gasteiger charge is -2.22. The van der Waals surface area contributed by atoms with Gasteiger partial charge in [-0.05, 0) is 30.7 Å². The Bertz CT molecular complexity index is 1140. The van der Waals surface area contributed by atoms with Gasteiger partial charge in [-0.3, -0.25) is 0 Å². The van der Waals surface area contributed by atoms with E-state index in [4.69, 9.17) is 4.74 Å². The van der Waals surface area contributed by atoms with Crippen LogP contribution in [0.1, 0.15) is 22.5 Å². The maximum absolute atomic E-state index is 13.4. The Hall–Kier alpha value is -2.69. The van der Waals surface area contributed by atoms with Crippen LogP contribution >= 0.6 is 0 Å². The van der Waals surface area contributed by atoms with Crippen LogP contribution in [0.2, 0.25) is 0 Å². The van der Waals surface area contributed by atoms with E-state index in [0.29, 0.717) is 5.82 Å². The first-order chi connectivity index (χ1) is 15.1. The van der Waals surface area contributed by atoms with Gasteiger partial charge in [0.25, 0.3) is 0 Å². The van der Waals surface area contributed by atoms with E-state index >= 15 is 0 Å². The van der Waals surface area contributed by atoms with Crippen molar-refractivity contribution in [1.82, 2.24) is 13.9 Å². The van der Waals surface area contributed by atoms with Crippen molar-refractivity contribution in [3.8, 4) is 0 Å². The molecule has 0 bridgehead atoms. The maximum atomic E-state index is 13.4. The van der Waals surface area contributed by atoms with Gasteiger partial charge in [-0.15, -0.1) is 0 Å². The van der Waals surface area contributed by atoms with Crippen LogP contribution < -0.4 is 0 Å². The number of methoxy groups -OCH3 is 1. The van der Waals surface area contributed by atoms with E-state index in [1.165, 1.54) is 58.7 Å². The Labute approximate surface area is 185 Å². The second-order valence-electron chi connectivity index (χ2n) is 7.27. The molecule has 1 aromatic heterocycles. The maximum Gasteiger partial charge on any atom is 0.416 e. The SMILES string of the molecule is COCCN(Cc1nccn1Cc1ccccc1C(F)(F)F)S(=O)(=O)c1ccc(C)cc1. The molecule has 1 heterocycles. The summed E-state index contributed by atoms with van der Waals surface area (Å²) in [6.45, 7) is 1.88. The number of benzene rings is 2. The van der Waals surface area contributed by atoms with Gasteiger partial charge in [0.2, 0.25) is 10.0 Å². The minimum atomic E-state index is -4.49. The summed E-state index contributed by atoms with van der Waals surface area (Å²) in [6.07, 6.45) is -1.51. The number of alkyl halides is 3. The van der Waals surface area contributed by atoms with Crippen LogP contribution in [0.4, 0.5) is 13.2 Å². The summed E-state index contributed by atoms with van der Waals surface area (Å²) < 4.78 is 74.4. The van der Waals surface area contributed by atoms with Crippen LogP contribution in [0.15, 0.2) is 65.8 Å². The highest BCUT2D eigenvalue weighted by molar-refractivity contribution is 7.89. The molecule has 0 aliphatic carbocycles. The van der Waals surface area contributed by atoms with Gasteiger partial charge in [0.05, 0.1) is 23.6 Å².